The maximum atomic E-state index is 11.5. The Balaban J connectivity index is 2.07. The lowest BCUT2D eigenvalue weighted by molar-refractivity contribution is 0.0955. The van der Waals surface area contributed by atoms with Crippen LogP contribution in [0.15, 0.2) is 40.2 Å². The molecule has 1 aromatic heterocycles. The van der Waals surface area contributed by atoms with Gasteiger partial charge in [0, 0.05) is 10.0 Å². The number of hydrogen-bond donors (Lipinski definition) is 2. The van der Waals surface area contributed by atoms with E-state index in [0.29, 0.717) is 11.5 Å². The van der Waals surface area contributed by atoms with Gasteiger partial charge in [-0.15, -0.1) is 11.3 Å². The highest BCUT2D eigenvalue weighted by atomic mass is 79.9. The molecule has 0 unspecified atom stereocenters. The Hall–Kier alpha value is -1.37. The van der Waals surface area contributed by atoms with Crippen LogP contribution in [-0.4, -0.2) is 5.91 Å². The van der Waals surface area contributed by atoms with Crippen LogP contribution in [0, 0.1) is 0 Å². The van der Waals surface area contributed by atoms with Gasteiger partial charge in [0.25, 0.3) is 5.91 Å². The Morgan fingerprint density at radius 1 is 1.44 bits per heavy atom. The minimum Gasteiger partial charge on any atom is -0.489 e. The zero-order valence-electron chi connectivity index (χ0n) is 9.35. The summed E-state index contributed by atoms with van der Waals surface area (Å²) in [6, 6.07) is 9.40. The first-order chi connectivity index (χ1) is 8.70. The van der Waals surface area contributed by atoms with Crippen molar-refractivity contribution in [3.05, 3.63) is 50.6 Å². The number of benzene rings is 1. The maximum absolute atomic E-state index is 11.5. The van der Waals surface area contributed by atoms with E-state index in [4.69, 9.17) is 10.6 Å². The standard InChI is InChI=1S/C12H11BrN2O2S/c13-9-2-1-3-10(6-9)17-7-8-4-5-18-11(8)12(16)15-14/h1-6H,7,14H2,(H,15,16). The Kier molecular flexibility index (Phi) is 4.35. The number of carbonyl (C=O) groups excluding carboxylic acids is 1. The van der Waals surface area contributed by atoms with Crippen LogP contribution in [0.2, 0.25) is 0 Å². The van der Waals surface area contributed by atoms with E-state index in [9.17, 15) is 4.79 Å². The Morgan fingerprint density at radius 3 is 3.00 bits per heavy atom. The topological polar surface area (TPSA) is 64.3 Å². The molecular formula is C12H11BrN2O2S. The molecule has 2 rings (SSSR count). The van der Waals surface area contributed by atoms with Crippen molar-refractivity contribution in [1.29, 1.82) is 0 Å². The van der Waals surface area contributed by atoms with Crippen LogP contribution in [0.1, 0.15) is 15.2 Å². The highest BCUT2D eigenvalue weighted by Gasteiger charge is 2.12. The maximum Gasteiger partial charge on any atom is 0.275 e. The molecular weight excluding hydrogens is 316 g/mol. The molecule has 1 amide bonds. The summed E-state index contributed by atoms with van der Waals surface area (Å²) in [5, 5.41) is 1.84. The van der Waals surface area contributed by atoms with Crippen molar-refractivity contribution in [2.75, 3.05) is 0 Å². The quantitative estimate of drug-likeness (QED) is 0.516. The number of nitrogens with one attached hydrogen (secondary N) is 1. The van der Waals surface area contributed by atoms with E-state index in [2.05, 4.69) is 21.4 Å². The van der Waals surface area contributed by atoms with Gasteiger partial charge < -0.3 is 4.74 Å². The van der Waals surface area contributed by atoms with Crippen LogP contribution in [0.4, 0.5) is 0 Å². The van der Waals surface area contributed by atoms with Gasteiger partial charge in [-0.3, -0.25) is 10.2 Å². The molecule has 6 heteroatoms. The summed E-state index contributed by atoms with van der Waals surface area (Å²) < 4.78 is 6.57. The Labute approximate surface area is 117 Å². The van der Waals surface area contributed by atoms with Crippen molar-refractivity contribution in [1.82, 2.24) is 5.43 Å². The van der Waals surface area contributed by atoms with Gasteiger partial charge in [0.2, 0.25) is 0 Å². The minimum absolute atomic E-state index is 0.294. The molecule has 1 heterocycles. The van der Waals surface area contributed by atoms with Crippen LogP contribution < -0.4 is 16.0 Å². The first-order valence-corrected chi connectivity index (χ1v) is 6.83. The van der Waals surface area contributed by atoms with Crippen molar-refractivity contribution in [3.8, 4) is 5.75 Å². The average Bonchev–Trinajstić information content (AvgIpc) is 2.84. The lowest BCUT2D eigenvalue weighted by Gasteiger charge is -2.07. The van der Waals surface area contributed by atoms with Gasteiger partial charge in [0.05, 0.1) is 4.88 Å². The second-order valence-corrected chi connectivity index (χ2v) is 5.33. The number of rotatable bonds is 4. The summed E-state index contributed by atoms with van der Waals surface area (Å²) in [5.74, 6) is 5.57. The molecule has 94 valence electrons. The molecule has 18 heavy (non-hydrogen) atoms. The fraction of sp³-hybridized carbons (Fsp3) is 0.0833. The predicted octanol–water partition coefficient (Wildman–Crippen LogP) is 2.69. The number of nitrogens with two attached hydrogens (primary N) is 1. The summed E-state index contributed by atoms with van der Waals surface area (Å²) in [6.07, 6.45) is 0. The van der Waals surface area contributed by atoms with Gasteiger partial charge in [-0.2, -0.15) is 0 Å². The van der Waals surface area contributed by atoms with Gasteiger partial charge in [0.15, 0.2) is 0 Å². The third-order valence-corrected chi connectivity index (χ3v) is 3.72. The predicted molar refractivity (Wildman–Crippen MR) is 74.4 cm³/mol. The molecule has 0 fully saturated rings. The number of amides is 1. The summed E-state index contributed by atoms with van der Waals surface area (Å²) in [7, 11) is 0. The van der Waals surface area contributed by atoms with E-state index in [1.54, 1.807) is 0 Å². The smallest absolute Gasteiger partial charge is 0.275 e. The summed E-state index contributed by atoms with van der Waals surface area (Å²) in [5.41, 5.74) is 2.95. The van der Waals surface area contributed by atoms with Gasteiger partial charge in [-0.1, -0.05) is 22.0 Å². The highest BCUT2D eigenvalue weighted by Crippen LogP contribution is 2.21. The van der Waals surface area contributed by atoms with Gasteiger partial charge in [0.1, 0.15) is 12.4 Å². The zero-order chi connectivity index (χ0) is 13.0. The first-order valence-electron chi connectivity index (χ1n) is 5.16. The third-order valence-electron chi connectivity index (χ3n) is 2.27. The molecule has 0 saturated carbocycles. The van der Waals surface area contributed by atoms with E-state index in [1.807, 2.05) is 35.7 Å². The third kappa shape index (κ3) is 3.10. The van der Waals surface area contributed by atoms with E-state index in [-0.39, 0.29) is 5.91 Å². The van der Waals surface area contributed by atoms with Crippen molar-refractivity contribution in [2.45, 2.75) is 6.61 Å². The fourth-order valence-electron chi connectivity index (χ4n) is 1.43. The van der Waals surface area contributed by atoms with Crippen LogP contribution in [-0.2, 0) is 6.61 Å². The van der Waals surface area contributed by atoms with Crippen LogP contribution in [0.25, 0.3) is 0 Å². The average molecular weight is 327 g/mol. The second kappa shape index (κ2) is 5.99. The zero-order valence-corrected chi connectivity index (χ0v) is 11.8. The number of thiophene rings is 1. The number of nitrogen functional groups attached to an aromatic ring is 1. The van der Waals surface area contributed by atoms with Gasteiger partial charge in [-0.05, 0) is 29.6 Å². The van der Waals surface area contributed by atoms with Gasteiger partial charge in [-0.25, -0.2) is 5.84 Å². The van der Waals surface area contributed by atoms with Gasteiger partial charge >= 0.3 is 0 Å². The summed E-state index contributed by atoms with van der Waals surface area (Å²) >= 11 is 4.71. The molecule has 0 saturated heterocycles. The minimum atomic E-state index is -0.294. The van der Waals surface area contributed by atoms with Crippen LogP contribution in [0.5, 0.6) is 5.75 Å². The molecule has 0 radical (unpaired) electrons. The van der Waals surface area contributed by atoms with Crippen molar-refractivity contribution in [2.24, 2.45) is 5.84 Å². The lowest BCUT2D eigenvalue weighted by atomic mass is 10.2. The summed E-state index contributed by atoms with van der Waals surface area (Å²) in [6.45, 7) is 0.336. The SMILES string of the molecule is NNC(=O)c1sccc1COc1cccc(Br)c1. The molecule has 0 atom stereocenters. The highest BCUT2D eigenvalue weighted by molar-refractivity contribution is 9.10. The monoisotopic (exact) mass is 326 g/mol. The number of halogens is 1. The van der Waals surface area contributed by atoms with E-state index >= 15 is 0 Å². The second-order valence-electron chi connectivity index (χ2n) is 3.49. The van der Waals surface area contributed by atoms with Crippen molar-refractivity contribution in [3.63, 3.8) is 0 Å². The first kappa shape index (κ1) is 13.1. The molecule has 4 nitrogen and oxygen atoms in total. The number of hydrogen-bond acceptors (Lipinski definition) is 4. The number of hydrazine groups is 1. The normalized spacial score (nSPS) is 10.1. The van der Waals surface area contributed by atoms with E-state index < -0.39 is 0 Å². The molecule has 1 aromatic carbocycles. The van der Waals surface area contributed by atoms with Crippen molar-refractivity contribution < 1.29 is 9.53 Å². The number of ether oxygens (including phenoxy) is 1. The Bertz CT molecular complexity index is 557. The molecule has 0 aliphatic heterocycles. The largest absolute Gasteiger partial charge is 0.489 e. The molecule has 0 bridgehead atoms. The van der Waals surface area contributed by atoms with E-state index in [0.717, 1.165) is 15.8 Å². The fourth-order valence-corrected chi connectivity index (χ4v) is 2.62. The molecule has 0 aliphatic carbocycles. The van der Waals surface area contributed by atoms with Crippen molar-refractivity contribution >= 4 is 33.2 Å². The Morgan fingerprint density at radius 2 is 2.28 bits per heavy atom. The summed E-state index contributed by atoms with van der Waals surface area (Å²) in [4.78, 5) is 12.0. The molecule has 0 aliphatic rings. The van der Waals surface area contributed by atoms with Crippen LogP contribution >= 0.6 is 27.3 Å². The van der Waals surface area contributed by atoms with E-state index in [1.165, 1.54) is 11.3 Å². The van der Waals surface area contributed by atoms with Crippen LogP contribution in [0.3, 0.4) is 0 Å². The lowest BCUT2D eigenvalue weighted by Crippen LogP contribution is -2.30. The molecule has 3 N–H and O–H groups in total. The molecule has 0 spiro atoms. The number of carbonyl (C=O) groups is 1. The molecule has 2 aromatic rings.